The molecule has 3 atom stereocenters. The van der Waals surface area contributed by atoms with E-state index in [1.54, 1.807) is 6.08 Å². The normalized spacial score (nSPS) is 14.9. The van der Waals surface area contributed by atoms with Crippen molar-refractivity contribution in [2.75, 3.05) is 6.61 Å². The molecule has 0 saturated carbocycles. The number of carbonyl (C=O) groups excluding carboxylic acids is 1. The van der Waals surface area contributed by atoms with Gasteiger partial charge in [0.1, 0.15) is 0 Å². The number of unbranched alkanes of at least 4 members (excludes halogenated alkanes) is 10. The van der Waals surface area contributed by atoms with Crippen LogP contribution >= 0.6 is 0 Å². The van der Waals surface area contributed by atoms with Gasteiger partial charge < -0.3 is 20.6 Å². The van der Waals surface area contributed by atoms with E-state index >= 15 is 0 Å². The zero-order valence-corrected chi connectivity index (χ0v) is 20.1. The largest absolute Gasteiger partial charge is 0.394 e. The molecule has 1 amide bonds. The Bertz CT molecular complexity index is 464. The van der Waals surface area contributed by atoms with Gasteiger partial charge in [-0.2, -0.15) is 0 Å². The first-order chi connectivity index (χ1) is 15.0. The van der Waals surface area contributed by atoms with Gasteiger partial charge in [-0.15, -0.1) is 0 Å². The summed E-state index contributed by atoms with van der Waals surface area (Å²) in [5.74, 6) is -0.336. The Morgan fingerprint density at radius 2 is 1.39 bits per heavy atom. The lowest BCUT2D eigenvalue weighted by Crippen LogP contribution is -2.45. The first kappa shape index (κ1) is 29.8. The molecule has 0 aromatic carbocycles. The lowest BCUT2D eigenvalue weighted by molar-refractivity contribution is -0.124. The summed E-state index contributed by atoms with van der Waals surface area (Å²) in [7, 11) is 0. The summed E-state index contributed by atoms with van der Waals surface area (Å²) in [5.41, 5.74) is 0. The number of allylic oxidation sites excluding steroid dienone is 3. The predicted molar refractivity (Wildman–Crippen MR) is 130 cm³/mol. The maximum Gasteiger partial charge on any atom is 0.222 e. The van der Waals surface area contributed by atoms with E-state index in [1.807, 2.05) is 6.08 Å². The van der Waals surface area contributed by atoms with Gasteiger partial charge in [0.2, 0.25) is 5.91 Å². The van der Waals surface area contributed by atoms with Crippen LogP contribution in [0.1, 0.15) is 110 Å². The zero-order chi connectivity index (χ0) is 23.2. The van der Waals surface area contributed by atoms with Crippen LogP contribution in [-0.4, -0.2) is 46.1 Å². The fraction of sp³-hybridized carbons (Fsp3) is 0.808. The Morgan fingerprint density at radius 3 is 2.06 bits per heavy atom. The summed E-state index contributed by atoms with van der Waals surface area (Å²) in [4.78, 5) is 12.1. The van der Waals surface area contributed by atoms with Crippen molar-refractivity contribution in [2.24, 2.45) is 0 Å². The third-order valence-electron chi connectivity index (χ3n) is 5.49. The number of aliphatic hydroxyl groups is 3. The molecular weight excluding hydrogens is 390 g/mol. The van der Waals surface area contributed by atoms with Gasteiger partial charge in [-0.25, -0.2) is 0 Å². The van der Waals surface area contributed by atoms with Crippen LogP contribution in [0.25, 0.3) is 0 Å². The number of amides is 1. The molecule has 5 heteroatoms. The third kappa shape index (κ3) is 19.3. The highest BCUT2D eigenvalue weighted by atomic mass is 16.3. The highest BCUT2D eigenvalue weighted by Gasteiger charge is 2.19. The average molecular weight is 440 g/mol. The number of carbonyl (C=O) groups is 1. The molecule has 0 aromatic rings. The van der Waals surface area contributed by atoms with E-state index < -0.39 is 18.2 Å². The summed E-state index contributed by atoms with van der Waals surface area (Å²) in [6.07, 6.45) is 21.6. The minimum absolute atomic E-state index is 0.00555. The first-order valence-corrected chi connectivity index (χ1v) is 12.6. The highest BCUT2D eigenvalue weighted by Crippen LogP contribution is 2.11. The summed E-state index contributed by atoms with van der Waals surface area (Å²) in [6.45, 7) is 4.05. The number of nitrogens with one attached hydrogen (secondary N) is 1. The van der Waals surface area contributed by atoms with Gasteiger partial charge in [-0.1, -0.05) is 95.9 Å². The van der Waals surface area contributed by atoms with Crippen molar-refractivity contribution in [2.45, 2.75) is 128 Å². The quantitative estimate of drug-likeness (QED) is 0.146. The molecule has 0 aromatic heterocycles. The van der Waals surface area contributed by atoms with Crippen LogP contribution < -0.4 is 5.32 Å². The second-order valence-corrected chi connectivity index (χ2v) is 8.59. The molecule has 0 spiro atoms. The molecule has 0 aliphatic carbocycles. The fourth-order valence-electron chi connectivity index (χ4n) is 3.47. The molecule has 0 saturated heterocycles. The Morgan fingerprint density at radius 1 is 0.806 bits per heavy atom. The number of rotatable bonds is 21. The van der Waals surface area contributed by atoms with E-state index in [0.717, 1.165) is 32.1 Å². The summed E-state index contributed by atoms with van der Waals surface area (Å²) in [6, 6.07) is -0.751. The summed E-state index contributed by atoms with van der Waals surface area (Å²) in [5, 5.41) is 32.4. The zero-order valence-electron chi connectivity index (χ0n) is 20.1. The SMILES string of the molecule is CCCCC/C=C/CC/C=C/C(O)C(CO)NC(=O)CC(O)CCCCCCCCC. The molecule has 0 aliphatic heterocycles. The Labute approximate surface area is 191 Å². The van der Waals surface area contributed by atoms with Crippen molar-refractivity contribution < 1.29 is 20.1 Å². The smallest absolute Gasteiger partial charge is 0.222 e. The van der Waals surface area contributed by atoms with Crippen molar-refractivity contribution in [3.05, 3.63) is 24.3 Å². The molecule has 31 heavy (non-hydrogen) atoms. The molecule has 0 aliphatic rings. The van der Waals surface area contributed by atoms with Crippen molar-refractivity contribution in [3.8, 4) is 0 Å². The van der Waals surface area contributed by atoms with Crippen molar-refractivity contribution in [1.29, 1.82) is 0 Å². The van der Waals surface area contributed by atoms with Crippen LogP contribution in [0, 0.1) is 0 Å². The minimum atomic E-state index is -0.942. The number of hydrogen-bond donors (Lipinski definition) is 4. The summed E-state index contributed by atoms with van der Waals surface area (Å²) >= 11 is 0. The average Bonchev–Trinajstić information content (AvgIpc) is 2.75. The van der Waals surface area contributed by atoms with Crippen molar-refractivity contribution in [3.63, 3.8) is 0 Å². The summed E-state index contributed by atoms with van der Waals surface area (Å²) < 4.78 is 0. The molecule has 0 radical (unpaired) electrons. The maximum absolute atomic E-state index is 12.1. The Balaban J connectivity index is 3.99. The molecule has 4 N–H and O–H groups in total. The van der Waals surface area contributed by atoms with E-state index in [1.165, 1.54) is 51.4 Å². The fourth-order valence-corrected chi connectivity index (χ4v) is 3.47. The molecular formula is C26H49NO4. The first-order valence-electron chi connectivity index (χ1n) is 12.6. The maximum atomic E-state index is 12.1. The Kier molecular flexibility index (Phi) is 21.2. The van der Waals surface area contributed by atoms with Gasteiger partial charge in [0.05, 0.1) is 31.3 Å². The highest BCUT2D eigenvalue weighted by molar-refractivity contribution is 5.76. The van der Waals surface area contributed by atoms with E-state index in [-0.39, 0.29) is 18.9 Å². The Hall–Kier alpha value is -1.17. The van der Waals surface area contributed by atoms with Crippen LogP contribution in [0.2, 0.25) is 0 Å². The molecule has 0 rings (SSSR count). The van der Waals surface area contributed by atoms with Gasteiger partial charge in [0, 0.05) is 0 Å². The van der Waals surface area contributed by atoms with Gasteiger partial charge in [0.15, 0.2) is 0 Å². The lowest BCUT2D eigenvalue weighted by atomic mass is 10.0. The second-order valence-electron chi connectivity index (χ2n) is 8.59. The van der Waals surface area contributed by atoms with Crippen LogP contribution in [0.15, 0.2) is 24.3 Å². The number of aliphatic hydroxyl groups excluding tert-OH is 3. The molecule has 182 valence electrons. The van der Waals surface area contributed by atoms with E-state index in [0.29, 0.717) is 6.42 Å². The van der Waals surface area contributed by atoms with Crippen molar-refractivity contribution in [1.82, 2.24) is 5.32 Å². The van der Waals surface area contributed by atoms with Gasteiger partial charge in [-0.05, 0) is 32.1 Å². The van der Waals surface area contributed by atoms with Crippen molar-refractivity contribution >= 4 is 5.91 Å². The lowest BCUT2D eigenvalue weighted by Gasteiger charge is -2.21. The van der Waals surface area contributed by atoms with Crippen LogP contribution in [0.4, 0.5) is 0 Å². The molecule has 0 heterocycles. The van der Waals surface area contributed by atoms with E-state index in [9.17, 15) is 20.1 Å². The minimum Gasteiger partial charge on any atom is -0.394 e. The monoisotopic (exact) mass is 439 g/mol. The topological polar surface area (TPSA) is 89.8 Å². The number of hydrogen-bond acceptors (Lipinski definition) is 4. The predicted octanol–water partition coefficient (Wildman–Crippen LogP) is 5.19. The third-order valence-corrected chi connectivity index (χ3v) is 5.49. The standard InChI is InChI=1S/C26H49NO4/c1-3-5-7-9-11-12-14-16-18-20-25(30)24(22-28)27-26(31)21-23(29)19-17-15-13-10-8-6-4-2/h11-12,18,20,23-25,28-30H,3-10,13-17,19,21-22H2,1-2H3,(H,27,31)/b12-11+,20-18+. The van der Waals surface area contributed by atoms with E-state index in [4.69, 9.17) is 0 Å². The van der Waals surface area contributed by atoms with Gasteiger partial charge >= 0.3 is 0 Å². The van der Waals surface area contributed by atoms with Gasteiger partial charge in [-0.3, -0.25) is 4.79 Å². The molecule has 5 nitrogen and oxygen atoms in total. The van der Waals surface area contributed by atoms with Crippen LogP contribution in [0.3, 0.4) is 0 Å². The van der Waals surface area contributed by atoms with Gasteiger partial charge in [0.25, 0.3) is 0 Å². The molecule has 0 bridgehead atoms. The molecule has 0 fully saturated rings. The van der Waals surface area contributed by atoms with E-state index in [2.05, 4.69) is 31.3 Å². The van der Waals surface area contributed by atoms with Crippen LogP contribution in [-0.2, 0) is 4.79 Å². The second kappa shape index (κ2) is 22.0. The molecule has 3 unspecified atom stereocenters. The van der Waals surface area contributed by atoms with Crippen LogP contribution in [0.5, 0.6) is 0 Å².